The minimum absolute atomic E-state index is 0.172. The van der Waals surface area contributed by atoms with Gasteiger partial charge in [-0.1, -0.05) is 13.8 Å². The molecular formula is C23H50N2O10Si2. The summed E-state index contributed by atoms with van der Waals surface area (Å²) in [5, 5.41) is 6.42. The molecule has 0 aromatic heterocycles. The summed E-state index contributed by atoms with van der Waals surface area (Å²) in [5.41, 5.74) is -0.477. The highest BCUT2D eigenvalue weighted by molar-refractivity contribution is 6.60. The lowest BCUT2D eigenvalue weighted by atomic mass is 9.96. The van der Waals surface area contributed by atoms with Gasteiger partial charge in [-0.05, 0) is 25.9 Å². The Balaban J connectivity index is 3.94. The average molecular weight is 571 g/mol. The van der Waals surface area contributed by atoms with E-state index in [1.807, 2.05) is 13.8 Å². The van der Waals surface area contributed by atoms with Crippen LogP contribution < -0.4 is 10.6 Å². The Morgan fingerprint density at radius 1 is 0.595 bits per heavy atom. The lowest BCUT2D eigenvalue weighted by molar-refractivity contribution is -0.152. The number of nitrogens with one attached hydrogen (secondary N) is 2. The van der Waals surface area contributed by atoms with Gasteiger partial charge in [0, 0.05) is 73.3 Å². The maximum atomic E-state index is 12.1. The van der Waals surface area contributed by atoms with Crippen molar-refractivity contribution in [3.05, 3.63) is 0 Å². The fourth-order valence-corrected chi connectivity index (χ4v) is 6.79. The zero-order chi connectivity index (χ0) is 28.2. The summed E-state index contributed by atoms with van der Waals surface area (Å²) < 4.78 is 43.0. The van der Waals surface area contributed by atoms with Crippen LogP contribution in [0.3, 0.4) is 0 Å². The van der Waals surface area contributed by atoms with Gasteiger partial charge in [-0.15, -0.1) is 0 Å². The third-order valence-electron chi connectivity index (χ3n) is 5.80. The standard InChI is InChI=1S/C23H50N2O10Si2/c1-23(2,19-34-21(26)11-15-24-13-9-17-36(28-3,29-4)30-5)20-35-22(27)12-16-25-14-10-18-37(31-6,32-7)33-8/h24-25H,9-20H2,1-8H3. The fourth-order valence-electron chi connectivity index (χ4n) is 3.34. The van der Waals surface area contributed by atoms with Crippen molar-refractivity contribution in [1.29, 1.82) is 0 Å². The molecule has 220 valence electrons. The molecule has 14 heteroatoms. The van der Waals surface area contributed by atoms with E-state index in [4.69, 9.17) is 36.0 Å². The van der Waals surface area contributed by atoms with Crippen LogP contribution in [0.15, 0.2) is 0 Å². The molecule has 0 aromatic carbocycles. The van der Waals surface area contributed by atoms with E-state index in [-0.39, 0.29) is 38.0 Å². The maximum Gasteiger partial charge on any atom is 0.500 e. The first-order valence-corrected chi connectivity index (χ1v) is 16.5. The Morgan fingerprint density at radius 3 is 1.22 bits per heavy atom. The molecule has 0 aliphatic carbocycles. The number of carbonyl (C=O) groups is 2. The zero-order valence-electron chi connectivity index (χ0n) is 24.1. The van der Waals surface area contributed by atoms with Crippen molar-refractivity contribution in [3.63, 3.8) is 0 Å². The molecule has 0 atom stereocenters. The summed E-state index contributed by atoms with van der Waals surface area (Å²) in [6.07, 6.45) is 2.13. The van der Waals surface area contributed by atoms with Gasteiger partial charge in [0.1, 0.15) is 0 Å². The number of carbonyl (C=O) groups excluding carboxylic acids is 2. The van der Waals surface area contributed by atoms with Gasteiger partial charge in [0.15, 0.2) is 0 Å². The Hall–Kier alpha value is -0.946. The molecule has 0 radical (unpaired) electrons. The van der Waals surface area contributed by atoms with Crippen LogP contribution in [0, 0.1) is 5.41 Å². The summed E-state index contributed by atoms with van der Waals surface area (Å²) in [7, 11) is 4.42. The van der Waals surface area contributed by atoms with Crippen molar-refractivity contribution < 1.29 is 45.6 Å². The molecule has 0 aliphatic rings. The Morgan fingerprint density at radius 2 is 0.919 bits per heavy atom. The number of ether oxygens (including phenoxy) is 2. The Labute approximate surface area is 225 Å². The normalized spacial score (nSPS) is 12.5. The predicted molar refractivity (Wildman–Crippen MR) is 143 cm³/mol. The van der Waals surface area contributed by atoms with Gasteiger partial charge in [0.2, 0.25) is 0 Å². The Bertz CT molecular complexity index is 554. The first kappa shape index (κ1) is 36.1. The summed E-state index contributed by atoms with van der Waals surface area (Å²) >= 11 is 0. The number of hydrogen-bond acceptors (Lipinski definition) is 12. The minimum atomic E-state index is -2.56. The van der Waals surface area contributed by atoms with Crippen molar-refractivity contribution in [2.75, 3.05) is 82.1 Å². The van der Waals surface area contributed by atoms with Crippen molar-refractivity contribution in [3.8, 4) is 0 Å². The van der Waals surface area contributed by atoms with Crippen LogP contribution in [0.25, 0.3) is 0 Å². The van der Waals surface area contributed by atoms with Crippen LogP contribution in [-0.2, 0) is 45.6 Å². The molecule has 2 N–H and O–H groups in total. The second kappa shape index (κ2) is 20.0. The quantitative estimate of drug-likeness (QED) is 0.0992. The highest BCUT2D eigenvalue weighted by atomic mass is 28.4. The van der Waals surface area contributed by atoms with Gasteiger partial charge >= 0.3 is 29.5 Å². The van der Waals surface area contributed by atoms with E-state index in [2.05, 4.69) is 10.6 Å². The molecule has 0 bridgehead atoms. The molecule has 0 aliphatic heterocycles. The van der Waals surface area contributed by atoms with E-state index in [0.29, 0.717) is 38.3 Å². The average Bonchev–Trinajstić information content (AvgIpc) is 2.91. The summed E-state index contributed by atoms with van der Waals surface area (Å²) in [6.45, 7) is 6.56. The molecule has 0 rings (SSSR count). The highest BCUT2D eigenvalue weighted by Crippen LogP contribution is 2.17. The monoisotopic (exact) mass is 570 g/mol. The van der Waals surface area contributed by atoms with E-state index in [0.717, 1.165) is 12.8 Å². The third-order valence-corrected chi connectivity index (χ3v) is 11.5. The van der Waals surface area contributed by atoms with Crippen molar-refractivity contribution in [2.24, 2.45) is 5.41 Å². The van der Waals surface area contributed by atoms with Gasteiger partial charge in [-0.2, -0.15) is 0 Å². The molecule has 0 spiro atoms. The molecule has 12 nitrogen and oxygen atoms in total. The van der Waals surface area contributed by atoms with E-state index in [1.54, 1.807) is 42.7 Å². The second-order valence-corrected chi connectivity index (χ2v) is 15.5. The molecule has 0 heterocycles. The lowest BCUT2D eigenvalue weighted by Gasteiger charge is -2.24. The largest absolute Gasteiger partial charge is 0.500 e. The van der Waals surface area contributed by atoms with Crippen LogP contribution in [0.4, 0.5) is 0 Å². The van der Waals surface area contributed by atoms with Crippen LogP contribution in [0.5, 0.6) is 0 Å². The van der Waals surface area contributed by atoms with Gasteiger partial charge in [0.05, 0.1) is 26.1 Å². The maximum absolute atomic E-state index is 12.1. The van der Waals surface area contributed by atoms with Crippen molar-refractivity contribution >= 4 is 29.5 Å². The first-order valence-electron chi connectivity index (χ1n) is 12.6. The molecule has 0 fully saturated rings. The summed E-state index contributed by atoms with van der Waals surface area (Å²) in [5.74, 6) is -0.596. The molecule has 0 amide bonds. The van der Waals surface area contributed by atoms with Crippen LogP contribution in [-0.4, -0.2) is 112 Å². The molecule has 0 aromatic rings. The number of hydrogen-bond donors (Lipinski definition) is 2. The van der Waals surface area contributed by atoms with Gasteiger partial charge in [-0.25, -0.2) is 0 Å². The Kier molecular flexibility index (Phi) is 19.5. The van der Waals surface area contributed by atoms with Gasteiger partial charge < -0.3 is 46.7 Å². The molecule has 37 heavy (non-hydrogen) atoms. The van der Waals surface area contributed by atoms with Gasteiger partial charge in [-0.3, -0.25) is 9.59 Å². The molecular weight excluding hydrogens is 520 g/mol. The minimum Gasteiger partial charge on any atom is -0.465 e. The van der Waals surface area contributed by atoms with Crippen molar-refractivity contribution in [1.82, 2.24) is 10.6 Å². The van der Waals surface area contributed by atoms with Crippen LogP contribution >= 0.6 is 0 Å². The predicted octanol–water partition coefficient (Wildman–Crippen LogP) is 1.59. The van der Waals surface area contributed by atoms with Gasteiger partial charge in [0.25, 0.3) is 0 Å². The van der Waals surface area contributed by atoms with E-state index < -0.39 is 23.0 Å². The topological polar surface area (TPSA) is 132 Å². The zero-order valence-corrected chi connectivity index (χ0v) is 26.1. The highest BCUT2D eigenvalue weighted by Gasteiger charge is 2.37. The molecule has 0 saturated heterocycles. The second-order valence-electron chi connectivity index (χ2n) is 9.28. The fraction of sp³-hybridized carbons (Fsp3) is 0.913. The molecule has 0 saturated carbocycles. The first-order chi connectivity index (χ1) is 17.6. The van der Waals surface area contributed by atoms with E-state index in [9.17, 15) is 9.59 Å². The van der Waals surface area contributed by atoms with Crippen LogP contribution in [0.1, 0.15) is 39.5 Å². The third kappa shape index (κ3) is 15.9. The molecule has 0 unspecified atom stereocenters. The summed E-state index contributed by atoms with van der Waals surface area (Å²) in [4.78, 5) is 24.1. The van der Waals surface area contributed by atoms with Crippen LogP contribution in [0.2, 0.25) is 12.1 Å². The van der Waals surface area contributed by atoms with E-state index in [1.165, 1.54) is 0 Å². The van der Waals surface area contributed by atoms with Crippen molar-refractivity contribution in [2.45, 2.75) is 51.6 Å². The SMILES string of the molecule is CO[Si](CCCNCCC(=O)OCC(C)(C)COC(=O)CCNCCC[Si](OC)(OC)OC)(OC)OC. The lowest BCUT2D eigenvalue weighted by Crippen LogP contribution is -2.43. The number of rotatable bonds is 24. The van der Waals surface area contributed by atoms with E-state index >= 15 is 0 Å². The summed E-state index contributed by atoms with van der Waals surface area (Å²) in [6, 6.07) is 1.38. The smallest absolute Gasteiger partial charge is 0.465 e. The number of esters is 2.